The first-order chi connectivity index (χ1) is 22.0. The third-order valence-corrected chi connectivity index (χ3v) is 9.73. The average Bonchev–Trinajstić information content (AvgIpc) is 3.61. The van der Waals surface area contributed by atoms with Gasteiger partial charge < -0.3 is 30.3 Å². The molecule has 1 aromatic heterocycles. The van der Waals surface area contributed by atoms with Crippen molar-refractivity contribution in [2.24, 2.45) is 11.3 Å². The van der Waals surface area contributed by atoms with E-state index in [4.69, 9.17) is 4.74 Å². The number of aryl methyl sites for hydroxylation is 1. The molecule has 11 nitrogen and oxygen atoms in total. The highest BCUT2D eigenvalue weighted by atomic mass is 32.1. The highest BCUT2D eigenvalue weighted by Gasteiger charge is 2.44. The second kappa shape index (κ2) is 15.1. The van der Waals surface area contributed by atoms with Gasteiger partial charge in [-0.15, -0.1) is 11.3 Å². The molecule has 0 bridgehead atoms. The number of thiazole rings is 1. The number of amides is 4. The topological polar surface area (TPSA) is 141 Å². The fourth-order valence-corrected chi connectivity index (χ4v) is 6.89. The van der Waals surface area contributed by atoms with Crippen molar-refractivity contribution in [2.75, 3.05) is 19.6 Å². The molecule has 2 aliphatic heterocycles. The molecule has 0 radical (unpaired) electrons. The first-order valence-electron chi connectivity index (χ1n) is 16.5. The fourth-order valence-electron chi connectivity index (χ4n) is 6.08. The Labute approximate surface area is 282 Å². The molecule has 3 atom stereocenters. The lowest BCUT2D eigenvalue weighted by Gasteiger charge is -2.35. The number of rotatable bonds is 9. The number of nitrogens with zero attached hydrogens (tertiary/aromatic N) is 3. The number of hydrogen-bond donors (Lipinski definition) is 3. The molecule has 2 aromatic rings. The number of aromatic nitrogens is 1. The summed E-state index contributed by atoms with van der Waals surface area (Å²) >= 11 is 1.58. The smallest absolute Gasteiger partial charge is 0.410 e. The number of carbonyl (C=O) groups excluding carboxylic acids is 4. The van der Waals surface area contributed by atoms with E-state index in [0.29, 0.717) is 19.5 Å². The molecule has 0 saturated carbocycles. The van der Waals surface area contributed by atoms with Crippen LogP contribution >= 0.6 is 11.3 Å². The highest BCUT2D eigenvalue weighted by molar-refractivity contribution is 7.13. The standard InChI is InChI=1S/C35H51N5O6S/c1-22-29(47-21-37-22)25-11-8-24(9-12-25)19-36-31(43)27-18-26(41)20-40(27)32(44)30(34(2,3)4)38-28(42)13-10-23-14-16-39(17-15-23)33(45)46-35(5,6)7/h8-9,11-12,21,23,26-27,30,41H,10,13-20H2,1-7H3,(H,36,43)(H,38,42)/t26-,27+,30-/m1/s1. The zero-order valence-electron chi connectivity index (χ0n) is 28.8. The Balaban J connectivity index is 1.30. The lowest BCUT2D eigenvalue weighted by Crippen LogP contribution is -2.57. The van der Waals surface area contributed by atoms with Crippen LogP contribution in [0.2, 0.25) is 0 Å². The van der Waals surface area contributed by atoms with Gasteiger partial charge in [0.1, 0.15) is 17.7 Å². The van der Waals surface area contributed by atoms with Crippen LogP contribution < -0.4 is 10.6 Å². The number of aliphatic hydroxyl groups is 1. The van der Waals surface area contributed by atoms with Gasteiger partial charge in [-0.05, 0) is 69.4 Å². The van der Waals surface area contributed by atoms with E-state index in [0.717, 1.165) is 34.5 Å². The molecule has 4 rings (SSSR count). The van der Waals surface area contributed by atoms with Crippen LogP contribution in [0.25, 0.3) is 10.4 Å². The number of benzene rings is 1. The summed E-state index contributed by atoms with van der Waals surface area (Å²) in [5.74, 6) is -0.657. The third-order valence-electron chi connectivity index (χ3n) is 8.76. The van der Waals surface area contributed by atoms with E-state index in [9.17, 15) is 24.3 Å². The van der Waals surface area contributed by atoms with Crippen LogP contribution in [0.4, 0.5) is 4.79 Å². The van der Waals surface area contributed by atoms with Crippen LogP contribution in [-0.2, 0) is 25.7 Å². The lowest BCUT2D eigenvalue weighted by atomic mass is 9.85. The Bertz CT molecular complexity index is 1400. The molecule has 3 N–H and O–H groups in total. The Morgan fingerprint density at radius 2 is 1.72 bits per heavy atom. The number of carbonyl (C=O) groups is 4. The molecule has 3 heterocycles. The number of likely N-dealkylation sites (tertiary alicyclic amines) is 2. The minimum Gasteiger partial charge on any atom is -0.444 e. The fraction of sp³-hybridized carbons (Fsp3) is 0.629. The first kappa shape index (κ1) is 36.3. The van der Waals surface area contributed by atoms with E-state index in [2.05, 4.69) is 15.6 Å². The van der Waals surface area contributed by atoms with Gasteiger partial charge in [-0.2, -0.15) is 0 Å². The van der Waals surface area contributed by atoms with E-state index in [1.165, 1.54) is 4.90 Å². The summed E-state index contributed by atoms with van der Waals surface area (Å²) in [6.07, 6.45) is 1.46. The van der Waals surface area contributed by atoms with Crippen molar-refractivity contribution in [1.29, 1.82) is 0 Å². The second-order valence-corrected chi connectivity index (χ2v) is 15.7. The van der Waals surface area contributed by atoms with Crippen molar-refractivity contribution in [3.8, 4) is 10.4 Å². The number of piperidine rings is 1. The molecule has 258 valence electrons. The number of aliphatic hydroxyl groups excluding tert-OH is 1. The molecule has 2 aliphatic rings. The summed E-state index contributed by atoms with van der Waals surface area (Å²) in [4.78, 5) is 61.3. The number of ether oxygens (including phenoxy) is 1. The number of hydrogen-bond acceptors (Lipinski definition) is 8. The molecule has 0 unspecified atom stereocenters. The summed E-state index contributed by atoms with van der Waals surface area (Å²) in [5.41, 5.74) is 3.60. The van der Waals surface area contributed by atoms with Crippen molar-refractivity contribution in [2.45, 2.75) is 111 Å². The van der Waals surface area contributed by atoms with Crippen molar-refractivity contribution in [3.63, 3.8) is 0 Å². The van der Waals surface area contributed by atoms with Crippen LogP contribution in [0, 0.1) is 18.3 Å². The molecule has 1 aromatic carbocycles. The van der Waals surface area contributed by atoms with E-state index in [1.807, 2.05) is 78.2 Å². The van der Waals surface area contributed by atoms with Gasteiger partial charge in [0.05, 0.1) is 22.2 Å². The predicted molar refractivity (Wildman–Crippen MR) is 181 cm³/mol. The van der Waals surface area contributed by atoms with Gasteiger partial charge >= 0.3 is 6.09 Å². The van der Waals surface area contributed by atoms with Gasteiger partial charge in [-0.3, -0.25) is 14.4 Å². The Hall–Kier alpha value is -3.51. The normalized spacial score (nSPS) is 19.7. The summed E-state index contributed by atoms with van der Waals surface area (Å²) in [6, 6.07) is 6.20. The van der Waals surface area contributed by atoms with Gasteiger partial charge in [0.2, 0.25) is 17.7 Å². The van der Waals surface area contributed by atoms with Gasteiger partial charge in [0.15, 0.2) is 0 Å². The van der Waals surface area contributed by atoms with Crippen LogP contribution in [0.5, 0.6) is 0 Å². The van der Waals surface area contributed by atoms with Crippen molar-refractivity contribution in [3.05, 3.63) is 41.0 Å². The molecular weight excluding hydrogens is 618 g/mol. The summed E-state index contributed by atoms with van der Waals surface area (Å²) in [5, 5.41) is 16.4. The van der Waals surface area contributed by atoms with Gasteiger partial charge in [-0.25, -0.2) is 9.78 Å². The highest BCUT2D eigenvalue weighted by Crippen LogP contribution is 2.29. The molecule has 47 heavy (non-hydrogen) atoms. The summed E-state index contributed by atoms with van der Waals surface area (Å²) < 4.78 is 5.48. The Morgan fingerprint density at radius 1 is 1.06 bits per heavy atom. The summed E-state index contributed by atoms with van der Waals surface area (Å²) in [7, 11) is 0. The zero-order valence-corrected chi connectivity index (χ0v) is 29.6. The molecule has 2 saturated heterocycles. The van der Waals surface area contributed by atoms with E-state index in [1.54, 1.807) is 16.2 Å². The van der Waals surface area contributed by atoms with Crippen LogP contribution in [-0.4, -0.2) is 87.1 Å². The molecule has 0 spiro atoms. The zero-order chi connectivity index (χ0) is 34.5. The van der Waals surface area contributed by atoms with Gasteiger partial charge in [0, 0.05) is 39.0 Å². The van der Waals surface area contributed by atoms with Crippen molar-refractivity contribution in [1.82, 2.24) is 25.4 Å². The Morgan fingerprint density at radius 3 is 2.30 bits per heavy atom. The lowest BCUT2D eigenvalue weighted by molar-refractivity contribution is -0.144. The van der Waals surface area contributed by atoms with Crippen LogP contribution in [0.1, 0.15) is 84.9 Å². The average molecular weight is 670 g/mol. The van der Waals surface area contributed by atoms with E-state index >= 15 is 0 Å². The quantitative estimate of drug-likeness (QED) is 0.353. The largest absolute Gasteiger partial charge is 0.444 e. The maximum Gasteiger partial charge on any atom is 0.410 e. The van der Waals surface area contributed by atoms with Crippen LogP contribution in [0.3, 0.4) is 0 Å². The minimum absolute atomic E-state index is 0.0263. The molecular formula is C35H51N5O6S. The summed E-state index contributed by atoms with van der Waals surface area (Å²) in [6.45, 7) is 14.6. The number of nitrogens with one attached hydrogen (secondary N) is 2. The van der Waals surface area contributed by atoms with Gasteiger partial charge in [-0.1, -0.05) is 45.0 Å². The molecule has 12 heteroatoms. The monoisotopic (exact) mass is 669 g/mol. The Kier molecular flexibility index (Phi) is 11.7. The molecule has 2 fully saturated rings. The predicted octanol–water partition coefficient (Wildman–Crippen LogP) is 4.65. The second-order valence-electron chi connectivity index (χ2n) is 14.9. The molecule has 0 aliphatic carbocycles. The minimum atomic E-state index is -0.868. The van der Waals surface area contributed by atoms with Crippen molar-refractivity contribution < 1.29 is 29.0 Å². The third kappa shape index (κ3) is 9.99. The van der Waals surface area contributed by atoms with E-state index < -0.39 is 29.2 Å². The first-order valence-corrected chi connectivity index (χ1v) is 17.4. The SMILES string of the molecule is Cc1ncsc1-c1ccc(CNC(=O)[C@@H]2C[C@@H](O)CN2C(=O)[C@@H](NC(=O)CCC2CCN(C(=O)OC(C)(C)C)CC2)C(C)(C)C)cc1. The van der Waals surface area contributed by atoms with E-state index in [-0.39, 0.29) is 55.7 Å². The van der Waals surface area contributed by atoms with Gasteiger partial charge in [0.25, 0.3) is 0 Å². The maximum absolute atomic E-state index is 13.9. The number of β-amino-alcohol motifs (C(OH)–C–C–N with tert-alkyl or cyclic N) is 1. The molecule has 4 amide bonds. The maximum atomic E-state index is 13.9. The van der Waals surface area contributed by atoms with Crippen molar-refractivity contribution >= 4 is 35.2 Å². The van der Waals surface area contributed by atoms with Crippen LogP contribution in [0.15, 0.2) is 29.8 Å².